The molecule has 0 bridgehead atoms. The first-order valence-corrected chi connectivity index (χ1v) is 18.6. The minimum atomic E-state index is -1.04. The summed E-state index contributed by atoms with van der Waals surface area (Å²) < 4.78 is 62.4. The van der Waals surface area contributed by atoms with Crippen LogP contribution in [0.5, 0.6) is 23.0 Å². The number of halogens is 2. The fraction of sp³-hybridized carbons (Fsp3) is 0.333. The number of anilines is 1. The molecule has 5 aromatic rings. The zero-order valence-electron chi connectivity index (χ0n) is 30.4. The van der Waals surface area contributed by atoms with Gasteiger partial charge in [-0.2, -0.15) is 0 Å². The van der Waals surface area contributed by atoms with Crippen LogP contribution in [0.25, 0.3) is 28.0 Å². The monoisotopic (exact) mass is 715 g/mol. The molecular weight excluding hydrogens is 672 g/mol. The summed E-state index contributed by atoms with van der Waals surface area (Å²) in [5.41, 5.74) is 5.16. The van der Waals surface area contributed by atoms with Crippen LogP contribution in [0.1, 0.15) is 66.3 Å². The van der Waals surface area contributed by atoms with Gasteiger partial charge in [0.15, 0.2) is 5.60 Å². The quantitative estimate of drug-likeness (QED) is 0.175. The van der Waals surface area contributed by atoms with Crippen molar-refractivity contribution in [2.75, 3.05) is 52.5 Å². The third kappa shape index (κ3) is 5.20. The van der Waals surface area contributed by atoms with Crippen molar-refractivity contribution in [2.45, 2.75) is 49.5 Å². The number of morpholine rings is 1. The van der Waals surface area contributed by atoms with Crippen LogP contribution in [0.3, 0.4) is 0 Å². The number of methoxy groups -OCH3 is 3. The number of benzene rings is 5. The molecule has 2 aliphatic carbocycles. The summed E-state index contributed by atoms with van der Waals surface area (Å²) in [6.07, 6.45) is 9.90. The average Bonchev–Trinajstić information content (AvgIpc) is 3.30. The van der Waals surface area contributed by atoms with Gasteiger partial charge in [-0.3, -0.25) is 0 Å². The second-order valence-electron chi connectivity index (χ2n) is 14.6. The second-order valence-corrected chi connectivity index (χ2v) is 14.6. The number of fused-ring (bicyclic) bond motifs is 10. The zero-order chi connectivity index (χ0) is 36.3. The molecule has 0 radical (unpaired) electrons. The molecule has 6 nitrogen and oxygen atoms in total. The molecule has 1 saturated heterocycles. The van der Waals surface area contributed by atoms with Gasteiger partial charge in [0.25, 0.3) is 0 Å². The Morgan fingerprint density at radius 1 is 0.698 bits per heavy atom. The lowest BCUT2D eigenvalue weighted by Gasteiger charge is -2.40. The highest BCUT2D eigenvalue weighted by atomic mass is 19.1. The van der Waals surface area contributed by atoms with Crippen LogP contribution in [-0.2, 0) is 15.8 Å². The van der Waals surface area contributed by atoms with Crippen LogP contribution in [0.15, 0.2) is 78.9 Å². The van der Waals surface area contributed by atoms with E-state index in [4.69, 9.17) is 23.7 Å². The van der Waals surface area contributed by atoms with Gasteiger partial charge < -0.3 is 28.6 Å². The smallest absolute Gasteiger partial charge is 0.178 e. The van der Waals surface area contributed by atoms with Crippen molar-refractivity contribution in [3.63, 3.8) is 0 Å². The normalized spacial score (nSPS) is 18.2. The first-order valence-electron chi connectivity index (χ1n) is 18.6. The van der Waals surface area contributed by atoms with E-state index in [0.29, 0.717) is 48.9 Å². The summed E-state index contributed by atoms with van der Waals surface area (Å²) in [4.78, 5) is 2.27. The van der Waals surface area contributed by atoms with Gasteiger partial charge in [0.05, 0.1) is 40.2 Å². The molecule has 1 spiro atoms. The molecule has 0 N–H and O–H groups in total. The number of hydrogen-bond donors (Lipinski definition) is 0. The fourth-order valence-corrected chi connectivity index (χ4v) is 9.52. The molecule has 0 unspecified atom stereocenters. The SMILES string of the molecule is COc1ccc(C2(c3ccc(OC)cc3)C=Cc3c4c(c5cc(N6CCOCC6)c(OC)cc5c3O2)-c2cc(F)cc(F)c2C42CCCCCC2)cc1. The van der Waals surface area contributed by atoms with E-state index in [1.807, 2.05) is 48.5 Å². The molecule has 5 aromatic carbocycles. The van der Waals surface area contributed by atoms with Crippen molar-refractivity contribution in [1.29, 1.82) is 0 Å². The van der Waals surface area contributed by atoms with E-state index in [1.165, 1.54) is 0 Å². The van der Waals surface area contributed by atoms with Crippen molar-refractivity contribution >= 4 is 22.5 Å². The van der Waals surface area contributed by atoms with Crippen LogP contribution < -0.4 is 23.8 Å². The molecule has 1 saturated carbocycles. The van der Waals surface area contributed by atoms with E-state index in [1.54, 1.807) is 27.4 Å². The van der Waals surface area contributed by atoms with Crippen LogP contribution in [0.4, 0.5) is 14.5 Å². The van der Waals surface area contributed by atoms with Crippen LogP contribution >= 0.6 is 0 Å². The first-order chi connectivity index (χ1) is 25.9. The van der Waals surface area contributed by atoms with E-state index < -0.39 is 22.7 Å². The molecule has 2 aliphatic heterocycles. The maximum absolute atomic E-state index is 16.5. The molecule has 0 amide bonds. The predicted octanol–water partition coefficient (Wildman–Crippen LogP) is 9.95. The Kier molecular flexibility index (Phi) is 8.34. The zero-order valence-corrected chi connectivity index (χ0v) is 30.4. The van der Waals surface area contributed by atoms with Crippen molar-refractivity contribution < 1.29 is 32.5 Å². The summed E-state index contributed by atoms with van der Waals surface area (Å²) >= 11 is 0. The average molecular weight is 716 g/mol. The minimum Gasteiger partial charge on any atom is -0.497 e. The standard InChI is InChI=1S/C45H43F2NO5/c1-49-31-12-8-28(9-13-31)45(29-10-14-32(50-2)15-11-29)19-16-33-42-40(36-24-30(46)25-37(47)41(36)44(42)17-6-4-5-7-18-44)34-26-38(48-20-22-52-23-21-48)39(51-3)27-35(34)43(33)53-45/h8-16,19,24-27H,4-7,17-18,20-23H2,1-3H3. The van der Waals surface area contributed by atoms with Crippen LogP contribution in [-0.4, -0.2) is 47.6 Å². The second kappa shape index (κ2) is 13.1. The molecule has 0 atom stereocenters. The molecule has 272 valence electrons. The first kappa shape index (κ1) is 33.7. The highest BCUT2D eigenvalue weighted by molar-refractivity contribution is 6.10. The van der Waals surface area contributed by atoms with Gasteiger partial charge in [-0.15, -0.1) is 0 Å². The molecular formula is C45H43F2NO5. The lowest BCUT2D eigenvalue weighted by atomic mass is 9.69. The number of rotatable bonds is 6. The molecule has 2 heterocycles. The molecule has 4 aliphatic rings. The summed E-state index contributed by atoms with van der Waals surface area (Å²) in [5.74, 6) is 1.82. The van der Waals surface area contributed by atoms with Crippen LogP contribution in [0.2, 0.25) is 0 Å². The minimum absolute atomic E-state index is 0.478. The van der Waals surface area contributed by atoms with Gasteiger partial charge in [-0.05, 0) is 83.5 Å². The molecule has 8 heteroatoms. The van der Waals surface area contributed by atoms with E-state index >= 15 is 8.78 Å². The highest BCUT2D eigenvalue weighted by Gasteiger charge is 2.50. The Bertz CT molecular complexity index is 2190. The van der Waals surface area contributed by atoms with Crippen molar-refractivity contribution in [1.82, 2.24) is 0 Å². The lowest BCUT2D eigenvalue weighted by molar-refractivity contribution is 0.122. The Morgan fingerprint density at radius 3 is 1.94 bits per heavy atom. The van der Waals surface area contributed by atoms with Gasteiger partial charge in [0.1, 0.15) is 34.6 Å². The van der Waals surface area contributed by atoms with Gasteiger partial charge in [-0.25, -0.2) is 8.78 Å². The Morgan fingerprint density at radius 2 is 1.34 bits per heavy atom. The summed E-state index contributed by atoms with van der Waals surface area (Å²) in [5, 5.41) is 1.71. The third-order valence-electron chi connectivity index (χ3n) is 12.0. The van der Waals surface area contributed by atoms with Crippen molar-refractivity contribution in [3.8, 4) is 34.1 Å². The predicted molar refractivity (Wildman–Crippen MR) is 204 cm³/mol. The molecule has 53 heavy (non-hydrogen) atoms. The number of nitrogens with zero attached hydrogens (tertiary/aromatic N) is 1. The summed E-state index contributed by atoms with van der Waals surface area (Å²) in [6.45, 7) is 2.62. The Hall–Kier alpha value is -5.08. The van der Waals surface area contributed by atoms with E-state index in [9.17, 15) is 0 Å². The van der Waals surface area contributed by atoms with Crippen molar-refractivity contribution in [2.24, 2.45) is 0 Å². The number of hydrogen-bond acceptors (Lipinski definition) is 6. The molecule has 2 fully saturated rings. The Balaban J connectivity index is 1.39. The maximum Gasteiger partial charge on any atom is 0.178 e. The lowest BCUT2D eigenvalue weighted by Crippen LogP contribution is -2.36. The van der Waals surface area contributed by atoms with E-state index in [-0.39, 0.29) is 0 Å². The number of ether oxygens (including phenoxy) is 5. The topological polar surface area (TPSA) is 49.4 Å². The third-order valence-corrected chi connectivity index (χ3v) is 12.0. The van der Waals surface area contributed by atoms with Crippen molar-refractivity contribution in [3.05, 3.63) is 118 Å². The van der Waals surface area contributed by atoms with E-state index in [2.05, 4.69) is 29.2 Å². The Labute approximate surface area is 308 Å². The highest BCUT2D eigenvalue weighted by Crippen LogP contribution is 2.63. The molecule has 0 aromatic heterocycles. The van der Waals surface area contributed by atoms with Gasteiger partial charge in [0.2, 0.25) is 0 Å². The summed E-state index contributed by atoms with van der Waals surface area (Å²) in [7, 11) is 5.00. The van der Waals surface area contributed by atoms with E-state index in [0.717, 1.165) is 100 Å². The maximum atomic E-state index is 16.5. The van der Waals surface area contributed by atoms with Crippen LogP contribution in [0, 0.1) is 11.6 Å². The van der Waals surface area contributed by atoms with Gasteiger partial charge >= 0.3 is 0 Å². The van der Waals surface area contributed by atoms with Gasteiger partial charge in [-0.1, -0.05) is 56.0 Å². The molecule has 9 rings (SSSR count). The summed E-state index contributed by atoms with van der Waals surface area (Å²) in [6, 6.07) is 22.7. The largest absolute Gasteiger partial charge is 0.497 e. The fourth-order valence-electron chi connectivity index (χ4n) is 9.52. The van der Waals surface area contributed by atoms with Gasteiger partial charge in [0, 0.05) is 52.2 Å².